The number of rotatable bonds is 6. The second-order valence-corrected chi connectivity index (χ2v) is 8.12. The molecule has 1 aliphatic heterocycles. The Hall–Kier alpha value is -1.99. The first-order chi connectivity index (χ1) is 13.3. The predicted octanol–water partition coefficient (Wildman–Crippen LogP) is 3.60. The van der Waals surface area contributed by atoms with Crippen LogP contribution in [0, 0.1) is 5.92 Å². The fourth-order valence-corrected chi connectivity index (χ4v) is 4.65. The number of piperidine rings is 1. The van der Waals surface area contributed by atoms with E-state index in [-0.39, 0.29) is 17.0 Å². The number of methoxy groups -OCH3 is 1. The molecule has 28 heavy (non-hydrogen) atoms. The van der Waals surface area contributed by atoms with Crippen molar-refractivity contribution in [3.8, 4) is 0 Å². The summed E-state index contributed by atoms with van der Waals surface area (Å²) in [4.78, 5) is 38.7. The van der Waals surface area contributed by atoms with Crippen LogP contribution in [0.4, 0.5) is 0 Å². The van der Waals surface area contributed by atoms with Gasteiger partial charge in [0.25, 0.3) is 0 Å². The van der Waals surface area contributed by atoms with Gasteiger partial charge in [-0.2, -0.15) is 0 Å². The number of likely N-dealkylation sites (tertiary alicyclic amines) is 1. The van der Waals surface area contributed by atoms with E-state index in [0.29, 0.717) is 29.2 Å². The summed E-state index contributed by atoms with van der Waals surface area (Å²) in [7, 11) is 1.30. The van der Waals surface area contributed by atoms with Crippen LogP contribution < -0.4 is 0 Å². The molecule has 1 aromatic rings. The summed E-state index contributed by atoms with van der Waals surface area (Å²) < 4.78 is 10.2. The van der Waals surface area contributed by atoms with Crippen molar-refractivity contribution < 1.29 is 23.9 Å². The maximum absolute atomic E-state index is 12.6. The smallest absolute Gasteiger partial charge is 0.333 e. The monoisotopic (exact) mass is 425 g/mol. The number of benzene rings is 1. The average molecular weight is 426 g/mol. The Balaban J connectivity index is 2.43. The molecule has 0 saturated carbocycles. The minimum atomic E-state index is -0.841. The lowest BCUT2D eigenvalue weighted by Crippen LogP contribution is -2.47. The van der Waals surface area contributed by atoms with Crippen LogP contribution in [0.5, 0.6) is 0 Å². The van der Waals surface area contributed by atoms with Gasteiger partial charge in [-0.1, -0.05) is 48.1 Å². The van der Waals surface area contributed by atoms with Crippen LogP contribution in [0.2, 0.25) is 5.02 Å². The fraction of sp³-hybridized carbons (Fsp3) is 0.450. The SMILES string of the molecule is C=C1C(C(=O)OCC)C(SC(C)=O)CCN1C(C(=O)OC)c1ccccc1Cl. The molecular formula is C20H24ClNO5S. The molecule has 1 heterocycles. The lowest BCUT2D eigenvalue weighted by Gasteiger charge is -2.43. The van der Waals surface area contributed by atoms with Crippen molar-refractivity contribution in [2.24, 2.45) is 5.92 Å². The van der Waals surface area contributed by atoms with E-state index in [9.17, 15) is 14.4 Å². The lowest BCUT2D eigenvalue weighted by atomic mass is 9.91. The maximum Gasteiger partial charge on any atom is 0.333 e. The first-order valence-electron chi connectivity index (χ1n) is 8.93. The molecule has 152 valence electrons. The van der Waals surface area contributed by atoms with Crippen LogP contribution in [0.25, 0.3) is 0 Å². The van der Waals surface area contributed by atoms with Crippen molar-refractivity contribution in [3.63, 3.8) is 0 Å². The van der Waals surface area contributed by atoms with E-state index in [4.69, 9.17) is 21.1 Å². The summed E-state index contributed by atoms with van der Waals surface area (Å²) in [6, 6.07) is 6.14. The van der Waals surface area contributed by atoms with Gasteiger partial charge in [-0.05, 0) is 19.4 Å². The topological polar surface area (TPSA) is 72.9 Å². The second kappa shape index (κ2) is 9.98. The Kier molecular flexibility index (Phi) is 7.95. The molecule has 1 fully saturated rings. The number of carbonyl (C=O) groups excluding carboxylic acids is 3. The van der Waals surface area contributed by atoms with Crippen LogP contribution in [0.1, 0.15) is 31.9 Å². The van der Waals surface area contributed by atoms with Gasteiger partial charge in [0.05, 0.1) is 13.7 Å². The maximum atomic E-state index is 12.6. The Bertz CT molecular complexity index is 769. The number of thioether (sulfide) groups is 1. The summed E-state index contributed by atoms with van der Waals surface area (Å²) in [6.45, 7) is 7.89. The van der Waals surface area contributed by atoms with Crippen LogP contribution in [0.3, 0.4) is 0 Å². The first kappa shape index (κ1) is 22.3. The highest BCUT2D eigenvalue weighted by molar-refractivity contribution is 8.14. The summed E-state index contributed by atoms with van der Waals surface area (Å²) in [5.41, 5.74) is 0.983. The van der Waals surface area contributed by atoms with Gasteiger partial charge in [0.2, 0.25) is 0 Å². The highest BCUT2D eigenvalue weighted by Gasteiger charge is 2.43. The van der Waals surface area contributed by atoms with E-state index in [0.717, 1.165) is 11.8 Å². The van der Waals surface area contributed by atoms with E-state index in [2.05, 4.69) is 6.58 Å². The molecule has 0 aliphatic carbocycles. The molecule has 1 saturated heterocycles. The van der Waals surface area contributed by atoms with E-state index in [1.807, 2.05) is 0 Å². The largest absolute Gasteiger partial charge is 0.467 e. The lowest BCUT2D eigenvalue weighted by molar-refractivity contribution is -0.151. The number of carbonyl (C=O) groups is 3. The molecular weight excluding hydrogens is 402 g/mol. The number of halogens is 1. The number of esters is 2. The number of nitrogens with zero attached hydrogens (tertiary/aromatic N) is 1. The summed E-state index contributed by atoms with van der Waals surface area (Å²) in [6.07, 6.45) is 0.505. The molecule has 2 rings (SSSR count). The minimum Gasteiger partial charge on any atom is -0.467 e. The Morgan fingerprint density at radius 2 is 2.04 bits per heavy atom. The quantitative estimate of drug-likeness (QED) is 0.644. The Morgan fingerprint density at radius 1 is 1.36 bits per heavy atom. The van der Waals surface area contributed by atoms with Crippen molar-refractivity contribution in [1.82, 2.24) is 4.90 Å². The third-order valence-electron chi connectivity index (χ3n) is 4.55. The zero-order valence-electron chi connectivity index (χ0n) is 16.1. The predicted molar refractivity (Wildman–Crippen MR) is 109 cm³/mol. The molecule has 0 spiro atoms. The normalized spacial score (nSPS) is 20.4. The molecule has 1 aromatic carbocycles. The van der Waals surface area contributed by atoms with Crippen molar-refractivity contribution in [3.05, 3.63) is 47.1 Å². The molecule has 6 nitrogen and oxygen atoms in total. The van der Waals surface area contributed by atoms with Crippen molar-refractivity contribution in [2.75, 3.05) is 20.3 Å². The second-order valence-electron chi connectivity index (χ2n) is 6.30. The molecule has 0 amide bonds. The Labute approximate surface area is 174 Å². The number of ether oxygens (including phenoxy) is 2. The van der Waals surface area contributed by atoms with Gasteiger partial charge in [0.15, 0.2) is 11.2 Å². The van der Waals surface area contributed by atoms with Crippen LogP contribution >= 0.6 is 23.4 Å². The van der Waals surface area contributed by atoms with E-state index >= 15 is 0 Å². The average Bonchev–Trinajstić information content (AvgIpc) is 2.64. The van der Waals surface area contributed by atoms with Gasteiger partial charge in [0.1, 0.15) is 5.92 Å². The molecule has 0 radical (unpaired) electrons. The zero-order chi connectivity index (χ0) is 20.8. The van der Waals surface area contributed by atoms with Gasteiger partial charge in [-0.25, -0.2) is 4.79 Å². The third-order valence-corrected chi connectivity index (χ3v) is 6.03. The van der Waals surface area contributed by atoms with Crippen LogP contribution in [0.15, 0.2) is 36.5 Å². The molecule has 0 aromatic heterocycles. The standard InChI is InChI=1S/C20H24ClNO5S/c1-5-27-19(24)17-12(2)22(11-10-16(17)28-13(3)23)18(20(25)26-4)14-8-6-7-9-15(14)21/h6-9,16-18H,2,5,10-11H2,1,3-4H3. The van der Waals surface area contributed by atoms with Gasteiger partial charge in [-0.3, -0.25) is 9.59 Å². The summed E-state index contributed by atoms with van der Waals surface area (Å²) in [5.74, 6) is -1.70. The van der Waals surface area contributed by atoms with Crippen molar-refractivity contribution in [2.45, 2.75) is 31.6 Å². The number of hydrogen-bond acceptors (Lipinski definition) is 7. The third kappa shape index (κ3) is 4.89. The molecule has 3 atom stereocenters. The van der Waals surface area contributed by atoms with Gasteiger partial charge in [0, 0.05) is 35.0 Å². The molecule has 0 N–H and O–H groups in total. The fourth-order valence-electron chi connectivity index (χ4n) is 3.36. The van der Waals surface area contributed by atoms with Crippen molar-refractivity contribution in [1.29, 1.82) is 0 Å². The van der Waals surface area contributed by atoms with Gasteiger partial charge in [-0.15, -0.1) is 0 Å². The summed E-state index contributed by atoms with van der Waals surface area (Å²) >= 11 is 7.43. The van der Waals surface area contributed by atoms with E-state index in [1.165, 1.54) is 14.0 Å². The van der Waals surface area contributed by atoms with Crippen LogP contribution in [-0.2, 0) is 23.9 Å². The van der Waals surface area contributed by atoms with Crippen molar-refractivity contribution >= 4 is 40.4 Å². The molecule has 1 aliphatic rings. The highest BCUT2D eigenvalue weighted by Crippen LogP contribution is 2.41. The first-order valence-corrected chi connectivity index (χ1v) is 10.2. The molecule has 0 bridgehead atoms. The van der Waals surface area contributed by atoms with E-state index < -0.39 is 23.9 Å². The van der Waals surface area contributed by atoms with Crippen LogP contribution in [-0.4, -0.2) is 47.5 Å². The van der Waals surface area contributed by atoms with E-state index in [1.54, 1.807) is 36.1 Å². The van der Waals surface area contributed by atoms with Gasteiger partial charge < -0.3 is 14.4 Å². The van der Waals surface area contributed by atoms with Gasteiger partial charge >= 0.3 is 11.9 Å². The number of hydrogen-bond donors (Lipinski definition) is 0. The zero-order valence-corrected chi connectivity index (χ0v) is 17.7. The molecule has 8 heteroatoms. The minimum absolute atomic E-state index is 0.0869. The Morgan fingerprint density at radius 3 is 2.61 bits per heavy atom. The summed E-state index contributed by atoms with van der Waals surface area (Å²) in [5, 5.41) is 0.0274. The molecule has 3 unspecified atom stereocenters. The highest BCUT2D eigenvalue weighted by atomic mass is 35.5.